The van der Waals surface area contributed by atoms with E-state index in [0.29, 0.717) is 0 Å². The second-order valence-electron chi connectivity index (χ2n) is 2.93. The van der Waals surface area contributed by atoms with Crippen molar-refractivity contribution in [1.29, 1.82) is 0 Å². The molecule has 0 saturated heterocycles. The Bertz CT molecular complexity index is 285. The van der Waals surface area contributed by atoms with Crippen LogP contribution >= 0.6 is 11.5 Å². The fourth-order valence-electron chi connectivity index (χ4n) is 1.35. The van der Waals surface area contributed by atoms with Gasteiger partial charge in [0.05, 0.1) is 0 Å². The summed E-state index contributed by atoms with van der Waals surface area (Å²) >= 11 is 1.24. The molecule has 0 spiro atoms. The third-order valence-corrected chi connectivity index (χ3v) is 2.42. The monoisotopic (exact) mass is 182 g/mol. The summed E-state index contributed by atoms with van der Waals surface area (Å²) in [6.07, 6.45) is 1.96. The summed E-state index contributed by atoms with van der Waals surface area (Å²) in [5.41, 5.74) is 3.62. The molecule has 59 valence electrons. The van der Waals surface area contributed by atoms with Gasteiger partial charge in [-0.2, -0.15) is 0 Å². The van der Waals surface area contributed by atoms with E-state index in [1.807, 2.05) is 20.4 Å². The molecule has 1 aliphatic rings. The topological polar surface area (TPSA) is 3.24 Å². The third-order valence-electron chi connectivity index (χ3n) is 2.06. The van der Waals surface area contributed by atoms with E-state index in [2.05, 4.69) is 32.3 Å². The Morgan fingerprint density at radius 2 is 2.08 bits per heavy atom. The van der Waals surface area contributed by atoms with Gasteiger partial charge < -0.3 is 0 Å². The Kier molecular flexibility index (Phi) is 4.37. The van der Waals surface area contributed by atoms with E-state index in [-0.39, 0.29) is 0 Å². The molecule has 0 aliphatic carbocycles. The third kappa shape index (κ3) is 2.52. The first kappa shape index (κ1) is 11.2. The Balaban J connectivity index is 2.99. The predicted octanol–water partition coefficient (Wildman–Crippen LogP) is -0.799. The summed E-state index contributed by atoms with van der Waals surface area (Å²) in [5.74, 6) is 0. The molecule has 0 aromatic carbocycles. The van der Waals surface area contributed by atoms with Gasteiger partial charge in [-0.05, 0) is 0 Å². The van der Waals surface area contributed by atoms with Crippen molar-refractivity contribution in [3.05, 3.63) is 0 Å². The molecule has 0 unspecified atom stereocenters. The second-order valence-corrected chi connectivity index (χ2v) is 3.43. The molecule has 0 amide bonds. The van der Waals surface area contributed by atoms with Crippen molar-refractivity contribution in [2.75, 3.05) is 0 Å². The van der Waals surface area contributed by atoms with E-state index < -0.39 is 0 Å². The van der Waals surface area contributed by atoms with Crippen LogP contribution in [0, 0.1) is 0 Å². The molecule has 1 nitrogen and oxygen atoms in total. The fourth-order valence-corrected chi connectivity index (χ4v) is 1.78. The first-order chi connectivity index (χ1) is 6.20. The quantitative estimate of drug-likeness (QED) is 0.513. The van der Waals surface area contributed by atoms with Gasteiger partial charge in [0.25, 0.3) is 0 Å². The number of rotatable bonds is 2. The Morgan fingerprint density at radius 3 is 2.62 bits per heavy atom. The van der Waals surface area contributed by atoms with Gasteiger partial charge in [-0.1, -0.05) is 0 Å². The molecule has 13 heavy (non-hydrogen) atoms. The van der Waals surface area contributed by atoms with Gasteiger partial charge in [0.1, 0.15) is 0 Å². The summed E-state index contributed by atoms with van der Waals surface area (Å²) < 4.78 is 0. The molecule has 0 fully saturated rings. The Hall–Kier alpha value is 0.0847. The van der Waals surface area contributed by atoms with Crippen molar-refractivity contribution in [2.45, 2.75) is 20.7 Å². The predicted molar refractivity (Wildman–Crippen MR) is 70.4 cm³/mol. The molecule has 0 aromatic heterocycles. The molecule has 3 radical (unpaired) electrons. The molecule has 0 aromatic rings. The summed E-state index contributed by atoms with van der Waals surface area (Å²) in [4.78, 5) is 2.13. The maximum absolute atomic E-state index is 5.44. The van der Waals surface area contributed by atoms with Crippen LogP contribution in [0.4, 0.5) is 0 Å². The van der Waals surface area contributed by atoms with Gasteiger partial charge in [-0.15, -0.1) is 0 Å². The van der Waals surface area contributed by atoms with Gasteiger partial charge in [0.15, 0.2) is 0 Å². The van der Waals surface area contributed by atoms with Crippen LogP contribution in [0.25, 0.3) is 0 Å². The van der Waals surface area contributed by atoms with Gasteiger partial charge in [-0.25, -0.2) is 0 Å². The van der Waals surface area contributed by atoms with Crippen LogP contribution in [0.5, 0.6) is 0 Å². The molecule has 1 rings (SSSR count). The molecular formula is C6H9B5NS. The maximum atomic E-state index is 5.44. The van der Waals surface area contributed by atoms with E-state index in [1.54, 1.807) is 0 Å². The van der Waals surface area contributed by atoms with Crippen molar-refractivity contribution < 1.29 is 0 Å². The summed E-state index contributed by atoms with van der Waals surface area (Å²) in [6, 6.07) is 0. The van der Waals surface area contributed by atoms with Crippen LogP contribution in [-0.2, 0) is 0 Å². The Labute approximate surface area is 88.2 Å². The van der Waals surface area contributed by atoms with Crippen molar-refractivity contribution >= 4 is 62.5 Å². The Morgan fingerprint density at radius 1 is 1.38 bits per heavy atom. The standard InChI is InChI=1S/C6H9B5NS/c1-4-6(11-13-7)12(8-3)5(2)10-9-4/h1-3H3. The fraction of sp³-hybridized carbons (Fsp3) is 0.500. The molecule has 7 heteroatoms. The van der Waals surface area contributed by atoms with E-state index in [4.69, 9.17) is 7.12 Å². The van der Waals surface area contributed by atoms with Crippen molar-refractivity contribution in [2.24, 2.45) is 0 Å². The van der Waals surface area contributed by atoms with Gasteiger partial charge in [-0.3, -0.25) is 0 Å². The first-order valence-electron chi connectivity index (χ1n) is 4.20. The average Bonchev–Trinajstić information content (AvgIpc) is 2.12. The van der Waals surface area contributed by atoms with Crippen LogP contribution < -0.4 is 0 Å². The molecule has 0 N–H and O–H groups in total. The van der Waals surface area contributed by atoms with Gasteiger partial charge in [0.2, 0.25) is 0 Å². The average molecular weight is 181 g/mol. The van der Waals surface area contributed by atoms with E-state index in [9.17, 15) is 0 Å². The van der Waals surface area contributed by atoms with Crippen LogP contribution in [0.1, 0.15) is 13.8 Å². The summed E-state index contributed by atoms with van der Waals surface area (Å²) in [7, 11) is 7.48. The SMILES string of the molecule is [B]SB=C1C(C)=BB=C(C)N1[B]C. The first-order valence-corrected chi connectivity index (χ1v) is 5.15. The van der Waals surface area contributed by atoms with Crippen molar-refractivity contribution in [3.8, 4) is 0 Å². The zero-order valence-electron chi connectivity index (χ0n) is 8.24. The van der Waals surface area contributed by atoms with Crippen LogP contribution in [0.3, 0.4) is 0 Å². The minimum absolute atomic E-state index is 1.16. The van der Waals surface area contributed by atoms with Crippen LogP contribution in [0.2, 0.25) is 6.82 Å². The zero-order valence-corrected chi connectivity index (χ0v) is 9.06. The minimum atomic E-state index is 1.16. The molecular weight excluding hydrogens is 172 g/mol. The molecule has 0 saturated carbocycles. The van der Waals surface area contributed by atoms with Crippen molar-refractivity contribution in [3.63, 3.8) is 0 Å². The molecule has 1 aliphatic heterocycles. The van der Waals surface area contributed by atoms with Gasteiger partial charge >= 0.3 is 87.9 Å². The normalized spacial score (nSPS) is 18.1. The summed E-state index contributed by atoms with van der Waals surface area (Å²) in [5, 5.41) is 0. The molecule has 0 bridgehead atoms. The van der Waals surface area contributed by atoms with Gasteiger partial charge in [0, 0.05) is 0 Å². The van der Waals surface area contributed by atoms with Crippen LogP contribution in [-0.4, -0.2) is 55.8 Å². The number of hydrogen-bond acceptors (Lipinski definition) is 2. The second kappa shape index (κ2) is 5.09. The number of hydrogen-bond donors (Lipinski definition) is 0. The van der Waals surface area contributed by atoms with E-state index in [0.717, 1.165) is 5.59 Å². The molecule has 1 heterocycles. The van der Waals surface area contributed by atoms with E-state index in [1.165, 1.54) is 22.5 Å². The van der Waals surface area contributed by atoms with E-state index >= 15 is 0 Å². The van der Waals surface area contributed by atoms with Crippen LogP contribution in [0.15, 0.2) is 0 Å². The zero-order chi connectivity index (χ0) is 9.84. The molecule has 0 atom stereocenters. The van der Waals surface area contributed by atoms with Crippen molar-refractivity contribution in [1.82, 2.24) is 4.81 Å². The summed E-state index contributed by atoms with van der Waals surface area (Å²) in [6.45, 7) is 10.4. The number of nitrogens with zero attached hydrogens (tertiary/aromatic N) is 1.